The molecule has 0 unspecified atom stereocenters. The zero-order chi connectivity index (χ0) is 13.4. The molecule has 2 N–H and O–H groups in total. The molecule has 0 radical (unpaired) electrons. The van der Waals surface area contributed by atoms with Crippen LogP contribution in [0.15, 0.2) is 18.2 Å². The minimum atomic E-state index is -0.0586. The Kier molecular flexibility index (Phi) is 5.75. The maximum atomic E-state index is 10.7. The number of nitrogens with one attached hydrogen (secondary N) is 1. The number of hydrogen-bond acceptors (Lipinski definition) is 3. The lowest BCUT2D eigenvalue weighted by Gasteiger charge is -2.04. The Bertz CT molecular complexity index is 472. The number of hydrogen-bond donors (Lipinski definition) is 2. The van der Waals surface area contributed by atoms with Gasteiger partial charge in [0.1, 0.15) is 5.75 Å². The molecular formula is C14H17NO3. The highest BCUT2D eigenvalue weighted by atomic mass is 16.5. The van der Waals surface area contributed by atoms with Crippen molar-refractivity contribution in [3.05, 3.63) is 29.3 Å². The van der Waals surface area contributed by atoms with Gasteiger partial charge in [0, 0.05) is 19.9 Å². The van der Waals surface area contributed by atoms with Crippen LogP contribution in [-0.4, -0.2) is 24.7 Å². The van der Waals surface area contributed by atoms with Gasteiger partial charge in [-0.1, -0.05) is 17.9 Å². The second kappa shape index (κ2) is 7.36. The summed E-state index contributed by atoms with van der Waals surface area (Å²) in [5.41, 5.74) is 1.54. The molecule has 1 aromatic rings. The number of benzene rings is 1. The first-order chi connectivity index (χ1) is 8.67. The SMILES string of the molecule is COc1ccc(CO)cc1C#CCCNC(C)=O. The molecule has 0 heterocycles. The van der Waals surface area contributed by atoms with Gasteiger partial charge in [-0.15, -0.1) is 0 Å². The third-order valence-electron chi connectivity index (χ3n) is 2.29. The lowest BCUT2D eigenvalue weighted by Crippen LogP contribution is -2.20. The summed E-state index contributed by atoms with van der Waals surface area (Å²) >= 11 is 0. The average molecular weight is 247 g/mol. The molecule has 0 bridgehead atoms. The minimum absolute atomic E-state index is 0.0232. The predicted octanol–water partition coefficient (Wildman–Crippen LogP) is 1.07. The molecule has 4 nitrogen and oxygen atoms in total. The van der Waals surface area contributed by atoms with Crippen molar-refractivity contribution in [2.24, 2.45) is 0 Å². The first-order valence-corrected chi connectivity index (χ1v) is 5.68. The van der Waals surface area contributed by atoms with Crippen molar-refractivity contribution in [3.8, 4) is 17.6 Å². The highest BCUT2D eigenvalue weighted by Crippen LogP contribution is 2.18. The van der Waals surface area contributed by atoms with Crippen molar-refractivity contribution in [2.75, 3.05) is 13.7 Å². The summed E-state index contributed by atoms with van der Waals surface area (Å²) in [7, 11) is 1.58. The van der Waals surface area contributed by atoms with E-state index in [0.717, 1.165) is 11.1 Å². The van der Waals surface area contributed by atoms with Crippen molar-refractivity contribution < 1.29 is 14.6 Å². The summed E-state index contributed by atoms with van der Waals surface area (Å²) in [6.07, 6.45) is 0.575. The van der Waals surface area contributed by atoms with Gasteiger partial charge in [-0.3, -0.25) is 4.79 Å². The van der Waals surface area contributed by atoms with Gasteiger partial charge in [0.15, 0.2) is 0 Å². The highest BCUT2D eigenvalue weighted by molar-refractivity contribution is 5.72. The third-order valence-corrected chi connectivity index (χ3v) is 2.29. The Morgan fingerprint density at radius 3 is 2.89 bits per heavy atom. The van der Waals surface area contributed by atoms with E-state index >= 15 is 0 Å². The topological polar surface area (TPSA) is 58.6 Å². The zero-order valence-corrected chi connectivity index (χ0v) is 10.6. The molecular weight excluding hydrogens is 230 g/mol. The second-order valence-corrected chi connectivity index (χ2v) is 3.73. The number of methoxy groups -OCH3 is 1. The molecule has 1 aromatic carbocycles. The second-order valence-electron chi connectivity index (χ2n) is 3.73. The molecule has 1 amide bonds. The smallest absolute Gasteiger partial charge is 0.216 e. The Morgan fingerprint density at radius 1 is 1.50 bits per heavy atom. The first-order valence-electron chi connectivity index (χ1n) is 5.68. The standard InChI is InChI=1S/C14H17NO3/c1-11(17)15-8-4-3-5-13-9-12(10-16)6-7-14(13)18-2/h6-7,9,16H,4,8,10H2,1-2H3,(H,15,17). The Hall–Kier alpha value is -1.99. The van der Waals surface area contributed by atoms with Crippen molar-refractivity contribution in [2.45, 2.75) is 20.0 Å². The van der Waals surface area contributed by atoms with Crippen LogP contribution in [-0.2, 0) is 11.4 Å². The zero-order valence-electron chi connectivity index (χ0n) is 10.6. The molecule has 0 atom stereocenters. The fourth-order valence-corrected chi connectivity index (χ4v) is 1.41. The summed E-state index contributed by atoms with van der Waals surface area (Å²) < 4.78 is 5.19. The fraction of sp³-hybridized carbons (Fsp3) is 0.357. The van der Waals surface area contributed by atoms with Crippen molar-refractivity contribution in [1.29, 1.82) is 0 Å². The van der Waals surface area contributed by atoms with Crippen LogP contribution in [0.2, 0.25) is 0 Å². The summed E-state index contributed by atoms with van der Waals surface area (Å²) in [6, 6.07) is 5.37. The Balaban J connectivity index is 2.70. The van der Waals surface area contributed by atoms with Crippen molar-refractivity contribution >= 4 is 5.91 Å². The molecule has 0 aliphatic rings. The van der Waals surface area contributed by atoms with Gasteiger partial charge in [-0.2, -0.15) is 0 Å². The van der Waals surface area contributed by atoms with Gasteiger partial charge < -0.3 is 15.2 Å². The molecule has 1 rings (SSSR count). The van der Waals surface area contributed by atoms with Crippen LogP contribution in [0.5, 0.6) is 5.75 Å². The summed E-state index contributed by atoms with van der Waals surface area (Å²) in [4.78, 5) is 10.7. The van der Waals surface area contributed by atoms with E-state index in [4.69, 9.17) is 9.84 Å². The number of ether oxygens (including phenoxy) is 1. The molecule has 0 aromatic heterocycles. The van der Waals surface area contributed by atoms with Crippen LogP contribution < -0.4 is 10.1 Å². The number of amides is 1. The van der Waals surface area contributed by atoms with Crippen LogP contribution in [0.25, 0.3) is 0 Å². The van der Waals surface area contributed by atoms with E-state index in [2.05, 4.69) is 17.2 Å². The average Bonchev–Trinajstić information content (AvgIpc) is 2.37. The van der Waals surface area contributed by atoms with Gasteiger partial charge in [0.05, 0.1) is 19.3 Å². The number of carbonyl (C=O) groups is 1. The third kappa shape index (κ3) is 4.48. The van der Waals surface area contributed by atoms with Gasteiger partial charge in [-0.25, -0.2) is 0 Å². The molecule has 0 aliphatic heterocycles. The number of rotatable bonds is 4. The van der Waals surface area contributed by atoms with Crippen LogP contribution in [0.3, 0.4) is 0 Å². The van der Waals surface area contributed by atoms with E-state index in [1.807, 2.05) is 0 Å². The summed E-state index contributed by atoms with van der Waals surface area (Å²) in [5.74, 6) is 6.55. The van der Waals surface area contributed by atoms with Crippen molar-refractivity contribution in [3.63, 3.8) is 0 Å². The molecule has 0 aliphatic carbocycles. The quantitative estimate of drug-likeness (QED) is 0.618. The van der Waals surface area contributed by atoms with E-state index in [1.165, 1.54) is 6.92 Å². The first kappa shape index (κ1) is 14.1. The maximum absolute atomic E-state index is 10.7. The number of aliphatic hydroxyl groups excluding tert-OH is 1. The van der Waals surface area contributed by atoms with Crippen LogP contribution in [0.1, 0.15) is 24.5 Å². The molecule has 4 heteroatoms. The van der Waals surface area contributed by atoms with Gasteiger partial charge in [0.25, 0.3) is 0 Å². The lowest BCUT2D eigenvalue weighted by molar-refractivity contribution is -0.118. The number of carbonyl (C=O) groups excluding carboxylic acids is 1. The van der Waals surface area contributed by atoms with E-state index in [1.54, 1.807) is 25.3 Å². The van der Waals surface area contributed by atoms with E-state index in [9.17, 15) is 4.79 Å². The predicted molar refractivity (Wildman–Crippen MR) is 69.1 cm³/mol. The lowest BCUT2D eigenvalue weighted by atomic mass is 10.1. The van der Waals surface area contributed by atoms with Gasteiger partial charge in [0.2, 0.25) is 5.91 Å². The van der Waals surface area contributed by atoms with Crippen LogP contribution in [0, 0.1) is 11.8 Å². The Morgan fingerprint density at radius 2 is 2.28 bits per heavy atom. The summed E-state index contributed by atoms with van der Waals surface area (Å²) in [5, 5.41) is 11.7. The molecule has 0 saturated heterocycles. The molecule has 0 spiro atoms. The van der Waals surface area contributed by atoms with E-state index < -0.39 is 0 Å². The molecule has 0 fully saturated rings. The van der Waals surface area contributed by atoms with Crippen molar-refractivity contribution in [1.82, 2.24) is 5.32 Å². The highest BCUT2D eigenvalue weighted by Gasteiger charge is 2.01. The Labute approximate surface area is 107 Å². The molecule has 18 heavy (non-hydrogen) atoms. The van der Waals surface area contributed by atoms with Gasteiger partial charge in [-0.05, 0) is 17.7 Å². The van der Waals surface area contributed by atoms with E-state index in [-0.39, 0.29) is 12.5 Å². The summed E-state index contributed by atoms with van der Waals surface area (Å²) in [6.45, 7) is 1.98. The monoisotopic (exact) mass is 247 g/mol. The fourth-order valence-electron chi connectivity index (χ4n) is 1.41. The van der Waals surface area contributed by atoms with E-state index in [0.29, 0.717) is 18.7 Å². The largest absolute Gasteiger partial charge is 0.495 e. The normalized spacial score (nSPS) is 9.28. The number of aliphatic hydroxyl groups is 1. The molecule has 0 saturated carbocycles. The van der Waals surface area contributed by atoms with Crippen LogP contribution >= 0.6 is 0 Å². The van der Waals surface area contributed by atoms with Gasteiger partial charge >= 0.3 is 0 Å². The maximum Gasteiger partial charge on any atom is 0.216 e. The minimum Gasteiger partial charge on any atom is -0.495 e. The molecule has 96 valence electrons. The van der Waals surface area contributed by atoms with Crippen LogP contribution in [0.4, 0.5) is 0 Å².